The van der Waals surface area contributed by atoms with Crippen molar-refractivity contribution >= 4 is 21.8 Å². The molecule has 0 unspecified atom stereocenters. The molecule has 0 radical (unpaired) electrons. The Hall–Kier alpha value is -0.870. The van der Waals surface area contributed by atoms with Gasteiger partial charge in [0.1, 0.15) is 0 Å². The van der Waals surface area contributed by atoms with Crippen LogP contribution < -0.4 is 5.32 Å². The Labute approximate surface area is 123 Å². The number of nitrogens with one attached hydrogen (secondary N) is 1. The normalized spacial score (nSPS) is 23.1. The third-order valence-electron chi connectivity index (χ3n) is 4.04. The molecule has 0 spiro atoms. The largest absolute Gasteiger partial charge is 0.339 e. The van der Waals surface area contributed by atoms with E-state index in [1.54, 1.807) is 0 Å². The van der Waals surface area contributed by atoms with E-state index < -0.39 is 0 Å². The molecule has 0 aromatic heterocycles. The molecule has 0 bridgehead atoms. The van der Waals surface area contributed by atoms with Crippen molar-refractivity contribution < 1.29 is 4.79 Å². The second kappa shape index (κ2) is 6.53. The van der Waals surface area contributed by atoms with Crippen LogP contribution >= 0.6 is 15.9 Å². The maximum atomic E-state index is 12.4. The summed E-state index contributed by atoms with van der Waals surface area (Å²) in [5.74, 6) is 0.120. The number of carbonyl (C=O) groups excluding carboxylic acids is 1. The van der Waals surface area contributed by atoms with Gasteiger partial charge in [-0.2, -0.15) is 0 Å². The third-order valence-corrected chi connectivity index (χ3v) is 4.54. The van der Waals surface area contributed by atoms with Gasteiger partial charge in [-0.25, -0.2) is 0 Å². The minimum absolute atomic E-state index is 0.120. The topological polar surface area (TPSA) is 32.3 Å². The molecule has 1 aromatic carbocycles. The molecule has 1 amide bonds. The van der Waals surface area contributed by atoms with Gasteiger partial charge >= 0.3 is 0 Å². The van der Waals surface area contributed by atoms with Crippen LogP contribution in [0.15, 0.2) is 28.7 Å². The molecule has 1 aliphatic rings. The second-order valence-corrected chi connectivity index (χ2v) is 6.14. The van der Waals surface area contributed by atoms with Crippen molar-refractivity contribution in [3.05, 3.63) is 34.3 Å². The lowest BCUT2D eigenvalue weighted by Crippen LogP contribution is -2.42. The lowest BCUT2D eigenvalue weighted by Gasteiger charge is -2.34. The van der Waals surface area contributed by atoms with E-state index in [9.17, 15) is 4.79 Å². The van der Waals surface area contributed by atoms with Crippen LogP contribution in [-0.4, -0.2) is 37.0 Å². The lowest BCUT2D eigenvalue weighted by molar-refractivity contribution is 0.0685. The average Bonchev–Trinajstić information content (AvgIpc) is 2.46. The quantitative estimate of drug-likeness (QED) is 0.926. The van der Waals surface area contributed by atoms with Crippen LogP contribution in [0.4, 0.5) is 0 Å². The highest BCUT2D eigenvalue weighted by Crippen LogP contribution is 2.24. The Kier molecular flexibility index (Phi) is 4.99. The van der Waals surface area contributed by atoms with Gasteiger partial charge in [0.05, 0.1) is 0 Å². The summed E-state index contributed by atoms with van der Waals surface area (Å²) in [6.07, 6.45) is 4.47. The first-order valence-electron chi connectivity index (χ1n) is 6.82. The maximum Gasteiger partial charge on any atom is 0.253 e. The van der Waals surface area contributed by atoms with Gasteiger partial charge in [0, 0.05) is 29.2 Å². The van der Waals surface area contributed by atoms with Crippen molar-refractivity contribution in [3.8, 4) is 0 Å². The Morgan fingerprint density at radius 3 is 2.58 bits per heavy atom. The predicted molar refractivity (Wildman–Crippen MR) is 81.3 cm³/mol. The molecule has 3 nitrogen and oxygen atoms in total. The third kappa shape index (κ3) is 3.57. The van der Waals surface area contributed by atoms with E-state index in [2.05, 4.69) is 21.2 Å². The standard InChI is InChI=1S/C15H21BrN2O/c1-17-13-6-8-14(9-7-13)18(2)15(19)11-4-3-5-12(16)10-11/h3-5,10,13-14,17H,6-9H2,1-2H3. The number of nitrogens with zero attached hydrogens (tertiary/aromatic N) is 1. The average molecular weight is 325 g/mol. The van der Waals surface area contributed by atoms with Gasteiger partial charge in [0.15, 0.2) is 0 Å². The zero-order chi connectivity index (χ0) is 13.8. The molecule has 19 heavy (non-hydrogen) atoms. The van der Waals surface area contributed by atoms with E-state index >= 15 is 0 Å². The number of rotatable bonds is 3. The summed E-state index contributed by atoms with van der Waals surface area (Å²) in [5, 5.41) is 3.32. The van der Waals surface area contributed by atoms with Gasteiger partial charge in [-0.3, -0.25) is 4.79 Å². The Morgan fingerprint density at radius 2 is 2.00 bits per heavy atom. The molecule has 1 N–H and O–H groups in total. The fourth-order valence-corrected chi connectivity index (χ4v) is 3.14. The minimum atomic E-state index is 0.120. The van der Waals surface area contributed by atoms with Crippen LogP contribution in [0.2, 0.25) is 0 Å². The Bertz CT molecular complexity index is 442. The molecule has 0 aliphatic heterocycles. The molecular formula is C15H21BrN2O. The number of benzene rings is 1. The van der Waals surface area contributed by atoms with E-state index in [1.165, 1.54) is 0 Å². The monoisotopic (exact) mass is 324 g/mol. The number of hydrogen-bond donors (Lipinski definition) is 1. The summed E-state index contributed by atoms with van der Waals surface area (Å²) in [6.45, 7) is 0. The van der Waals surface area contributed by atoms with Crippen molar-refractivity contribution in [2.45, 2.75) is 37.8 Å². The van der Waals surface area contributed by atoms with Crippen molar-refractivity contribution in [1.82, 2.24) is 10.2 Å². The van der Waals surface area contributed by atoms with Crippen molar-refractivity contribution in [3.63, 3.8) is 0 Å². The molecule has 104 valence electrons. The highest BCUT2D eigenvalue weighted by Gasteiger charge is 2.26. The van der Waals surface area contributed by atoms with Gasteiger partial charge in [-0.15, -0.1) is 0 Å². The maximum absolute atomic E-state index is 12.4. The van der Waals surface area contributed by atoms with Gasteiger partial charge in [0.2, 0.25) is 0 Å². The second-order valence-electron chi connectivity index (χ2n) is 5.22. The molecule has 0 atom stereocenters. The molecule has 1 saturated carbocycles. The van der Waals surface area contributed by atoms with E-state index in [0.717, 1.165) is 35.7 Å². The SMILES string of the molecule is CNC1CCC(N(C)C(=O)c2cccc(Br)c2)CC1. The first-order chi connectivity index (χ1) is 9.11. The minimum Gasteiger partial charge on any atom is -0.339 e. The summed E-state index contributed by atoms with van der Waals surface area (Å²) < 4.78 is 0.950. The first kappa shape index (κ1) is 14.5. The Morgan fingerprint density at radius 1 is 1.32 bits per heavy atom. The van der Waals surface area contributed by atoms with Gasteiger partial charge < -0.3 is 10.2 Å². The molecule has 0 heterocycles. The lowest BCUT2D eigenvalue weighted by atomic mass is 9.90. The molecule has 1 fully saturated rings. The van der Waals surface area contributed by atoms with Gasteiger partial charge in [-0.05, 0) is 50.9 Å². The summed E-state index contributed by atoms with van der Waals surface area (Å²) in [7, 11) is 3.94. The van der Waals surface area contributed by atoms with Crippen LogP contribution in [0.5, 0.6) is 0 Å². The zero-order valence-corrected chi connectivity index (χ0v) is 13.1. The summed E-state index contributed by atoms with van der Waals surface area (Å²) in [5.41, 5.74) is 0.757. The van der Waals surface area contributed by atoms with E-state index in [4.69, 9.17) is 0 Å². The van der Waals surface area contributed by atoms with Gasteiger partial charge in [-0.1, -0.05) is 22.0 Å². The van der Waals surface area contributed by atoms with Crippen LogP contribution in [0.1, 0.15) is 36.0 Å². The number of halogens is 1. The Balaban J connectivity index is 2.00. The number of hydrogen-bond acceptors (Lipinski definition) is 2. The van der Waals surface area contributed by atoms with Crippen LogP contribution in [-0.2, 0) is 0 Å². The summed E-state index contributed by atoms with van der Waals surface area (Å²) in [6, 6.07) is 8.60. The number of carbonyl (C=O) groups is 1. The van der Waals surface area contributed by atoms with Crippen molar-refractivity contribution in [2.24, 2.45) is 0 Å². The molecule has 2 rings (SSSR count). The molecule has 4 heteroatoms. The van der Waals surface area contributed by atoms with Crippen molar-refractivity contribution in [2.75, 3.05) is 14.1 Å². The smallest absolute Gasteiger partial charge is 0.253 e. The fourth-order valence-electron chi connectivity index (χ4n) is 2.74. The summed E-state index contributed by atoms with van der Waals surface area (Å²) in [4.78, 5) is 14.3. The van der Waals surface area contributed by atoms with Crippen LogP contribution in [0.25, 0.3) is 0 Å². The van der Waals surface area contributed by atoms with E-state index in [1.807, 2.05) is 43.3 Å². The zero-order valence-electron chi connectivity index (χ0n) is 11.5. The molecule has 0 saturated heterocycles. The molecule has 1 aliphatic carbocycles. The first-order valence-corrected chi connectivity index (χ1v) is 7.61. The number of amides is 1. The molecule has 1 aromatic rings. The van der Waals surface area contributed by atoms with Crippen LogP contribution in [0, 0.1) is 0 Å². The van der Waals surface area contributed by atoms with E-state index in [-0.39, 0.29) is 5.91 Å². The highest BCUT2D eigenvalue weighted by molar-refractivity contribution is 9.10. The van der Waals surface area contributed by atoms with Gasteiger partial charge in [0.25, 0.3) is 5.91 Å². The van der Waals surface area contributed by atoms with Crippen molar-refractivity contribution in [1.29, 1.82) is 0 Å². The molecular weight excluding hydrogens is 304 g/mol. The predicted octanol–water partition coefficient (Wildman–Crippen LogP) is 3.05. The summed E-state index contributed by atoms with van der Waals surface area (Å²) >= 11 is 3.41. The highest BCUT2D eigenvalue weighted by atomic mass is 79.9. The van der Waals surface area contributed by atoms with Crippen LogP contribution in [0.3, 0.4) is 0 Å². The fraction of sp³-hybridized carbons (Fsp3) is 0.533. The van der Waals surface area contributed by atoms with E-state index in [0.29, 0.717) is 12.1 Å².